The van der Waals surface area contributed by atoms with E-state index < -0.39 is 0 Å². The molecule has 0 aliphatic carbocycles. The SMILES string of the molecule is CC1=CC(C)OC(C(C)c2ccccc2)C1. The van der Waals surface area contributed by atoms with Gasteiger partial charge in [0.2, 0.25) is 0 Å². The van der Waals surface area contributed by atoms with Crippen molar-refractivity contribution in [3.8, 4) is 0 Å². The summed E-state index contributed by atoms with van der Waals surface area (Å²) in [6.45, 7) is 6.57. The van der Waals surface area contributed by atoms with Gasteiger partial charge in [-0.2, -0.15) is 0 Å². The van der Waals surface area contributed by atoms with Gasteiger partial charge in [0.05, 0.1) is 12.2 Å². The van der Waals surface area contributed by atoms with E-state index in [1.807, 2.05) is 0 Å². The molecule has 1 aromatic rings. The summed E-state index contributed by atoms with van der Waals surface area (Å²) >= 11 is 0. The molecule has 0 saturated heterocycles. The van der Waals surface area contributed by atoms with Crippen LogP contribution in [-0.4, -0.2) is 12.2 Å². The maximum absolute atomic E-state index is 6.00. The zero-order chi connectivity index (χ0) is 11.5. The first-order valence-electron chi connectivity index (χ1n) is 6.04. The molecule has 0 spiro atoms. The molecular weight excluding hydrogens is 196 g/mol. The summed E-state index contributed by atoms with van der Waals surface area (Å²) in [5.41, 5.74) is 2.82. The maximum Gasteiger partial charge on any atom is 0.0734 e. The normalized spacial score (nSPS) is 27.3. The van der Waals surface area contributed by atoms with E-state index in [2.05, 4.69) is 57.2 Å². The van der Waals surface area contributed by atoms with Gasteiger partial charge in [0.25, 0.3) is 0 Å². The van der Waals surface area contributed by atoms with Crippen LogP contribution in [0.3, 0.4) is 0 Å². The number of hydrogen-bond donors (Lipinski definition) is 0. The van der Waals surface area contributed by atoms with Crippen LogP contribution in [0, 0.1) is 0 Å². The van der Waals surface area contributed by atoms with Crippen LogP contribution in [0.5, 0.6) is 0 Å². The van der Waals surface area contributed by atoms with Gasteiger partial charge in [-0.3, -0.25) is 0 Å². The molecule has 0 amide bonds. The van der Waals surface area contributed by atoms with Crippen LogP contribution in [0.25, 0.3) is 0 Å². The van der Waals surface area contributed by atoms with Gasteiger partial charge < -0.3 is 4.74 Å². The summed E-state index contributed by atoms with van der Waals surface area (Å²) in [5, 5.41) is 0. The molecule has 0 radical (unpaired) electrons. The quantitative estimate of drug-likeness (QED) is 0.681. The zero-order valence-corrected chi connectivity index (χ0v) is 10.3. The fourth-order valence-corrected chi connectivity index (χ4v) is 2.42. The van der Waals surface area contributed by atoms with Gasteiger partial charge in [-0.05, 0) is 25.8 Å². The van der Waals surface area contributed by atoms with Crippen molar-refractivity contribution in [2.45, 2.75) is 45.3 Å². The fraction of sp³-hybridized carbons (Fsp3) is 0.467. The summed E-state index contributed by atoms with van der Waals surface area (Å²) in [4.78, 5) is 0. The molecule has 16 heavy (non-hydrogen) atoms. The Morgan fingerprint density at radius 3 is 2.56 bits per heavy atom. The third kappa shape index (κ3) is 2.53. The third-order valence-electron chi connectivity index (χ3n) is 3.31. The summed E-state index contributed by atoms with van der Waals surface area (Å²) < 4.78 is 6.00. The van der Waals surface area contributed by atoms with E-state index in [0.717, 1.165) is 6.42 Å². The molecule has 0 bridgehead atoms. The molecule has 1 aromatic carbocycles. The van der Waals surface area contributed by atoms with Crippen LogP contribution in [0.2, 0.25) is 0 Å². The van der Waals surface area contributed by atoms with E-state index in [1.54, 1.807) is 0 Å². The van der Waals surface area contributed by atoms with Crippen molar-refractivity contribution in [3.05, 3.63) is 47.5 Å². The summed E-state index contributed by atoms with van der Waals surface area (Å²) in [6, 6.07) is 10.6. The van der Waals surface area contributed by atoms with Crippen LogP contribution in [0.4, 0.5) is 0 Å². The fourth-order valence-electron chi connectivity index (χ4n) is 2.42. The molecule has 1 aliphatic rings. The molecule has 0 N–H and O–H groups in total. The van der Waals surface area contributed by atoms with Crippen molar-refractivity contribution in [3.63, 3.8) is 0 Å². The number of hydrogen-bond acceptors (Lipinski definition) is 1. The molecular formula is C15H20O. The van der Waals surface area contributed by atoms with Gasteiger partial charge in [0, 0.05) is 5.92 Å². The maximum atomic E-state index is 6.00. The van der Waals surface area contributed by atoms with Crippen molar-refractivity contribution in [1.29, 1.82) is 0 Å². The largest absolute Gasteiger partial charge is 0.370 e. The first kappa shape index (κ1) is 11.4. The topological polar surface area (TPSA) is 9.23 Å². The predicted molar refractivity (Wildman–Crippen MR) is 67.6 cm³/mol. The average molecular weight is 216 g/mol. The second-order valence-corrected chi connectivity index (χ2v) is 4.80. The number of benzene rings is 1. The Morgan fingerprint density at radius 2 is 1.94 bits per heavy atom. The highest BCUT2D eigenvalue weighted by Gasteiger charge is 2.24. The highest BCUT2D eigenvalue weighted by Crippen LogP contribution is 2.30. The minimum absolute atomic E-state index is 0.255. The van der Waals surface area contributed by atoms with Crippen molar-refractivity contribution in [1.82, 2.24) is 0 Å². The Labute approximate surface area is 98.1 Å². The van der Waals surface area contributed by atoms with Crippen LogP contribution >= 0.6 is 0 Å². The van der Waals surface area contributed by atoms with Crippen molar-refractivity contribution < 1.29 is 4.74 Å². The Morgan fingerprint density at radius 1 is 1.25 bits per heavy atom. The molecule has 86 valence electrons. The lowest BCUT2D eigenvalue weighted by Crippen LogP contribution is -2.28. The molecule has 0 fully saturated rings. The zero-order valence-electron chi connectivity index (χ0n) is 10.3. The van der Waals surface area contributed by atoms with Gasteiger partial charge in [0.15, 0.2) is 0 Å². The van der Waals surface area contributed by atoms with E-state index in [1.165, 1.54) is 11.1 Å². The van der Waals surface area contributed by atoms with Crippen molar-refractivity contribution in [2.75, 3.05) is 0 Å². The molecule has 0 saturated carbocycles. The first-order valence-corrected chi connectivity index (χ1v) is 6.04. The standard InChI is InChI=1S/C15H20O/c1-11-9-12(2)16-15(10-11)13(3)14-7-5-4-6-8-14/h4-9,12-13,15H,10H2,1-3H3. The van der Waals surface area contributed by atoms with Gasteiger partial charge in [0.1, 0.15) is 0 Å². The van der Waals surface area contributed by atoms with Crippen molar-refractivity contribution in [2.24, 2.45) is 0 Å². The van der Waals surface area contributed by atoms with Gasteiger partial charge in [-0.15, -0.1) is 0 Å². The first-order chi connectivity index (χ1) is 7.66. The lowest BCUT2D eigenvalue weighted by atomic mass is 9.89. The summed E-state index contributed by atoms with van der Waals surface area (Å²) in [6.07, 6.45) is 3.85. The average Bonchev–Trinajstić information content (AvgIpc) is 2.28. The Balaban J connectivity index is 2.12. The predicted octanol–water partition coefficient (Wildman–Crippen LogP) is 3.91. The molecule has 2 rings (SSSR count). The molecule has 0 aromatic heterocycles. The van der Waals surface area contributed by atoms with E-state index in [9.17, 15) is 0 Å². The van der Waals surface area contributed by atoms with Crippen LogP contribution in [0.15, 0.2) is 42.0 Å². The van der Waals surface area contributed by atoms with E-state index in [4.69, 9.17) is 4.74 Å². The molecule has 1 aliphatic heterocycles. The lowest BCUT2D eigenvalue weighted by molar-refractivity contribution is -0.000553. The minimum atomic E-state index is 0.255. The monoisotopic (exact) mass is 216 g/mol. The second kappa shape index (κ2) is 4.84. The van der Waals surface area contributed by atoms with Gasteiger partial charge in [-0.1, -0.05) is 48.9 Å². The molecule has 1 heterocycles. The number of rotatable bonds is 2. The number of ether oxygens (including phenoxy) is 1. The summed E-state index contributed by atoms with van der Waals surface area (Å²) in [5.74, 6) is 0.465. The molecule has 1 heteroatoms. The highest BCUT2D eigenvalue weighted by atomic mass is 16.5. The second-order valence-electron chi connectivity index (χ2n) is 4.80. The van der Waals surface area contributed by atoms with Crippen LogP contribution in [0.1, 0.15) is 38.7 Å². The highest BCUT2D eigenvalue weighted by molar-refractivity contribution is 5.21. The Hall–Kier alpha value is -1.08. The van der Waals surface area contributed by atoms with Gasteiger partial charge >= 0.3 is 0 Å². The molecule has 1 nitrogen and oxygen atoms in total. The van der Waals surface area contributed by atoms with E-state index in [-0.39, 0.29) is 6.10 Å². The Bertz CT molecular complexity index is 366. The third-order valence-corrected chi connectivity index (χ3v) is 3.31. The lowest BCUT2D eigenvalue weighted by Gasteiger charge is -2.31. The van der Waals surface area contributed by atoms with E-state index in [0.29, 0.717) is 12.0 Å². The summed E-state index contributed by atoms with van der Waals surface area (Å²) in [7, 11) is 0. The van der Waals surface area contributed by atoms with Gasteiger partial charge in [-0.25, -0.2) is 0 Å². The minimum Gasteiger partial charge on any atom is -0.370 e. The van der Waals surface area contributed by atoms with Crippen molar-refractivity contribution >= 4 is 0 Å². The molecule has 3 unspecified atom stereocenters. The molecule has 3 atom stereocenters. The van der Waals surface area contributed by atoms with E-state index >= 15 is 0 Å². The Kier molecular flexibility index (Phi) is 3.45. The van der Waals surface area contributed by atoms with Crippen LogP contribution in [-0.2, 0) is 4.74 Å². The smallest absolute Gasteiger partial charge is 0.0734 e. The van der Waals surface area contributed by atoms with Crippen LogP contribution < -0.4 is 0 Å².